The Morgan fingerprint density at radius 3 is 2.58 bits per heavy atom. The molecular weight excluding hydrogens is 300 g/mol. The van der Waals surface area contributed by atoms with Crippen LogP contribution < -0.4 is 9.47 Å². The van der Waals surface area contributed by atoms with E-state index in [1.807, 2.05) is 49.4 Å². The molecule has 24 heavy (non-hydrogen) atoms. The first-order valence-electron chi connectivity index (χ1n) is 8.29. The second kappa shape index (κ2) is 5.23. The molecule has 0 saturated carbocycles. The molecule has 2 heterocycles. The topological polar surface area (TPSA) is 35.5 Å². The molecule has 0 N–H and O–H groups in total. The summed E-state index contributed by atoms with van der Waals surface area (Å²) in [5.74, 6) is 1.83. The van der Waals surface area contributed by atoms with E-state index in [1.54, 1.807) is 0 Å². The van der Waals surface area contributed by atoms with E-state index in [1.165, 1.54) is 5.56 Å². The molecule has 4 rings (SSSR count). The highest BCUT2D eigenvalue weighted by Crippen LogP contribution is 2.44. The number of fused-ring (bicyclic) bond motifs is 3. The highest BCUT2D eigenvalue weighted by atomic mass is 16.5. The number of allylic oxidation sites excluding steroid dienone is 1. The molecule has 2 aliphatic rings. The Kier molecular flexibility index (Phi) is 3.27. The zero-order valence-electron chi connectivity index (χ0n) is 14.2. The van der Waals surface area contributed by atoms with Crippen LogP contribution in [0.15, 0.2) is 42.2 Å². The molecule has 122 valence electrons. The van der Waals surface area contributed by atoms with Crippen molar-refractivity contribution >= 4 is 11.9 Å². The van der Waals surface area contributed by atoms with Crippen LogP contribution >= 0.6 is 0 Å². The standard InChI is InChI=1S/C21H20O3/c1-13-4-6-14(7-5-13)12-18-19(22)16-8-9-17-15(20(16)23-18)10-11-21(2,3)24-17/h4-9,12H,10-11H2,1-3H3/b18-12-. The minimum Gasteiger partial charge on any atom is -0.487 e. The van der Waals surface area contributed by atoms with Gasteiger partial charge in [0.15, 0.2) is 5.76 Å². The Hall–Kier alpha value is -2.55. The van der Waals surface area contributed by atoms with Crippen LogP contribution in [0, 0.1) is 6.92 Å². The summed E-state index contributed by atoms with van der Waals surface area (Å²) >= 11 is 0. The second-order valence-electron chi connectivity index (χ2n) is 7.13. The highest BCUT2D eigenvalue weighted by Gasteiger charge is 2.35. The van der Waals surface area contributed by atoms with Crippen LogP contribution in [0.4, 0.5) is 0 Å². The fraction of sp³-hybridized carbons (Fsp3) is 0.286. The Balaban J connectivity index is 1.71. The maximum atomic E-state index is 12.6. The summed E-state index contributed by atoms with van der Waals surface area (Å²) < 4.78 is 12.0. The van der Waals surface area contributed by atoms with E-state index in [4.69, 9.17) is 9.47 Å². The molecular formula is C21H20O3. The van der Waals surface area contributed by atoms with Gasteiger partial charge < -0.3 is 9.47 Å². The average molecular weight is 320 g/mol. The zero-order chi connectivity index (χ0) is 16.9. The molecule has 0 aromatic heterocycles. The molecule has 2 aliphatic heterocycles. The third-order valence-corrected chi connectivity index (χ3v) is 4.64. The maximum absolute atomic E-state index is 12.6. The summed E-state index contributed by atoms with van der Waals surface area (Å²) in [4.78, 5) is 12.6. The van der Waals surface area contributed by atoms with Crippen molar-refractivity contribution in [2.45, 2.75) is 39.2 Å². The number of hydrogen-bond acceptors (Lipinski definition) is 3. The molecule has 3 heteroatoms. The van der Waals surface area contributed by atoms with Gasteiger partial charge >= 0.3 is 0 Å². The number of benzene rings is 2. The highest BCUT2D eigenvalue weighted by molar-refractivity contribution is 6.15. The van der Waals surface area contributed by atoms with Crippen molar-refractivity contribution in [3.05, 3.63) is 64.4 Å². The molecule has 0 amide bonds. The first kappa shape index (κ1) is 15.0. The van der Waals surface area contributed by atoms with Gasteiger partial charge in [0, 0.05) is 5.56 Å². The van der Waals surface area contributed by atoms with E-state index in [9.17, 15) is 4.79 Å². The monoisotopic (exact) mass is 320 g/mol. The smallest absolute Gasteiger partial charge is 0.231 e. The Morgan fingerprint density at radius 1 is 1.08 bits per heavy atom. The van der Waals surface area contributed by atoms with Crippen LogP contribution in [0.5, 0.6) is 11.5 Å². The van der Waals surface area contributed by atoms with E-state index >= 15 is 0 Å². The molecule has 0 bridgehead atoms. The lowest BCUT2D eigenvalue weighted by Crippen LogP contribution is -2.32. The molecule has 0 fully saturated rings. The van der Waals surface area contributed by atoms with Gasteiger partial charge in [-0.15, -0.1) is 0 Å². The van der Waals surface area contributed by atoms with Crippen LogP contribution in [0.1, 0.15) is 47.3 Å². The molecule has 3 nitrogen and oxygen atoms in total. The first-order valence-corrected chi connectivity index (χ1v) is 8.29. The third kappa shape index (κ3) is 2.50. The lowest BCUT2D eigenvalue weighted by atomic mass is 9.92. The third-order valence-electron chi connectivity index (χ3n) is 4.64. The van der Waals surface area contributed by atoms with Gasteiger partial charge in [-0.2, -0.15) is 0 Å². The molecule has 0 saturated heterocycles. The van der Waals surface area contributed by atoms with Gasteiger partial charge in [-0.05, 0) is 57.4 Å². The van der Waals surface area contributed by atoms with Gasteiger partial charge in [-0.25, -0.2) is 0 Å². The van der Waals surface area contributed by atoms with Crippen molar-refractivity contribution in [2.75, 3.05) is 0 Å². The summed E-state index contributed by atoms with van der Waals surface area (Å²) in [5, 5.41) is 0. The number of rotatable bonds is 1. The van der Waals surface area contributed by atoms with Crippen molar-refractivity contribution in [3.8, 4) is 11.5 Å². The maximum Gasteiger partial charge on any atom is 0.231 e. The van der Waals surface area contributed by atoms with Crippen LogP contribution in [0.3, 0.4) is 0 Å². The summed E-state index contributed by atoms with van der Waals surface area (Å²) in [6, 6.07) is 11.7. The quantitative estimate of drug-likeness (QED) is 0.714. The van der Waals surface area contributed by atoms with Crippen LogP contribution in [-0.2, 0) is 6.42 Å². The van der Waals surface area contributed by atoms with Gasteiger partial charge in [0.2, 0.25) is 5.78 Å². The largest absolute Gasteiger partial charge is 0.487 e. The second-order valence-corrected chi connectivity index (χ2v) is 7.13. The predicted molar refractivity (Wildman–Crippen MR) is 93.6 cm³/mol. The lowest BCUT2D eigenvalue weighted by Gasteiger charge is -2.33. The first-order chi connectivity index (χ1) is 11.4. The SMILES string of the molecule is Cc1ccc(/C=C2\Oc3c(ccc4c3CCC(C)(C)O4)C2=O)cc1. The summed E-state index contributed by atoms with van der Waals surface area (Å²) in [6.07, 6.45) is 3.57. The Labute approximate surface area is 141 Å². The number of ether oxygens (including phenoxy) is 2. The van der Waals surface area contributed by atoms with E-state index in [0.717, 1.165) is 29.7 Å². The normalized spacial score (nSPS) is 19.5. The lowest BCUT2D eigenvalue weighted by molar-refractivity contribution is 0.0838. The van der Waals surface area contributed by atoms with Crippen molar-refractivity contribution in [1.29, 1.82) is 0 Å². The molecule has 0 radical (unpaired) electrons. The van der Waals surface area contributed by atoms with E-state index in [-0.39, 0.29) is 11.4 Å². The van der Waals surface area contributed by atoms with Gasteiger partial charge in [-0.1, -0.05) is 29.8 Å². The fourth-order valence-electron chi connectivity index (χ4n) is 3.21. The number of hydrogen-bond donors (Lipinski definition) is 0. The number of Topliss-reactive ketones (excluding diaryl/α,β-unsaturated/α-hetero) is 1. The minimum atomic E-state index is -0.176. The molecule has 2 aromatic rings. The van der Waals surface area contributed by atoms with Crippen LogP contribution in [0.25, 0.3) is 6.08 Å². The van der Waals surface area contributed by atoms with Crippen molar-refractivity contribution in [3.63, 3.8) is 0 Å². The fourth-order valence-corrected chi connectivity index (χ4v) is 3.21. The Bertz CT molecular complexity index is 857. The molecule has 0 unspecified atom stereocenters. The van der Waals surface area contributed by atoms with E-state index < -0.39 is 0 Å². The summed E-state index contributed by atoms with van der Waals surface area (Å²) in [6.45, 7) is 6.20. The number of aryl methyl sites for hydroxylation is 1. The van der Waals surface area contributed by atoms with Crippen molar-refractivity contribution in [1.82, 2.24) is 0 Å². The van der Waals surface area contributed by atoms with Gasteiger partial charge in [0.25, 0.3) is 0 Å². The minimum absolute atomic E-state index is 0.0572. The van der Waals surface area contributed by atoms with Crippen LogP contribution in [0.2, 0.25) is 0 Å². The molecule has 0 atom stereocenters. The molecule has 2 aromatic carbocycles. The van der Waals surface area contributed by atoms with Gasteiger partial charge in [0.05, 0.1) is 5.56 Å². The van der Waals surface area contributed by atoms with Crippen molar-refractivity contribution < 1.29 is 14.3 Å². The zero-order valence-corrected chi connectivity index (χ0v) is 14.2. The number of ketones is 1. The average Bonchev–Trinajstić information content (AvgIpc) is 2.85. The van der Waals surface area contributed by atoms with E-state index in [0.29, 0.717) is 17.1 Å². The predicted octanol–water partition coefficient (Wildman–Crippen LogP) is 4.71. The molecule has 0 spiro atoms. The number of carbonyl (C=O) groups excluding carboxylic acids is 1. The summed E-state index contributed by atoms with van der Waals surface area (Å²) in [7, 11) is 0. The Morgan fingerprint density at radius 2 is 1.83 bits per heavy atom. The van der Waals surface area contributed by atoms with Gasteiger partial charge in [-0.3, -0.25) is 4.79 Å². The van der Waals surface area contributed by atoms with Gasteiger partial charge in [0.1, 0.15) is 17.1 Å². The van der Waals surface area contributed by atoms with Crippen LogP contribution in [-0.4, -0.2) is 11.4 Å². The van der Waals surface area contributed by atoms with Crippen molar-refractivity contribution in [2.24, 2.45) is 0 Å². The van der Waals surface area contributed by atoms with E-state index in [2.05, 4.69) is 13.8 Å². The number of carbonyl (C=O) groups is 1. The molecule has 0 aliphatic carbocycles. The summed E-state index contributed by atoms with van der Waals surface area (Å²) in [5.41, 5.74) is 3.61.